The lowest BCUT2D eigenvalue weighted by Gasteiger charge is -2.10. The smallest absolute Gasteiger partial charge is 0.340 e. The molecule has 30 heavy (non-hydrogen) atoms. The van der Waals surface area contributed by atoms with E-state index in [2.05, 4.69) is 10.6 Å². The SMILES string of the molecule is CCCCOC(=O)c1ccccc1NC(=O)/C(C#N)=C\NC(=O)c1ccc(N)cc1. The summed E-state index contributed by atoms with van der Waals surface area (Å²) in [7, 11) is 0. The van der Waals surface area contributed by atoms with Gasteiger partial charge in [0.2, 0.25) is 0 Å². The molecule has 2 aromatic rings. The maximum absolute atomic E-state index is 12.5. The van der Waals surface area contributed by atoms with Crippen molar-refractivity contribution >= 4 is 29.2 Å². The van der Waals surface area contributed by atoms with Crippen LogP contribution in [0, 0.1) is 11.3 Å². The molecule has 0 saturated heterocycles. The average molecular weight is 406 g/mol. The fraction of sp³-hybridized carbons (Fsp3) is 0.182. The van der Waals surface area contributed by atoms with Crippen molar-refractivity contribution < 1.29 is 19.1 Å². The van der Waals surface area contributed by atoms with Crippen LogP contribution in [0.1, 0.15) is 40.5 Å². The third-order valence-electron chi connectivity index (χ3n) is 4.01. The Balaban J connectivity index is 2.09. The molecule has 2 rings (SSSR count). The summed E-state index contributed by atoms with van der Waals surface area (Å²) in [4.78, 5) is 36.8. The molecular formula is C22H22N4O4. The minimum Gasteiger partial charge on any atom is -0.462 e. The molecule has 2 aromatic carbocycles. The van der Waals surface area contributed by atoms with Crippen molar-refractivity contribution in [1.29, 1.82) is 5.26 Å². The highest BCUT2D eigenvalue weighted by Crippen LogP contribution is 2.17. The van der Waals surface area contributed by atoms with E-state index in [9.17, 15) is 19.6 Å². The molecule has 0 aromatic heterocycles. The van der Waals surface area contributed by atoms with E-state index in [0.717, 1.165) is 19.0 Å². The number of carbonyl (C=O) groups is 3. The summed E-state index contributed by atoms with van der Waals surface area (Å²) in [5.41, 5.74) is 6.44. The van der Waals surface area contributed by atoms with Crippen LogP contribution in [0.2, 0.25) is 0 Å². The van der Waals surface area contributed by atoms with E-state index in [1.165, 1.54) is 24.3 Å². The number of nitrogens with two attached hydrogens (primary N) is 1. The molecule has 8 nitrogen and oxygen atoms in total. The summed E-state index contributed by atoms with van der Waals surface area (Å²) in [6.45, 7) is 2.25. The molecule has 0 atom stereocenters. The van der Waals surface area contributed by atoms with Crippen LogP contribution >= 0.6 is 0 Å². The number of para-hydroxylation sites is 1. The normalized spacial score (nSPS) is 10.6. The van der Waals surface area contributed by atoms with Gasteiger partial charge in [0.25, 0.3) is 11.8 Å². The van der Waals surface area contributed by atoms with E-state index in [-0.39, 0.29) is 23.4 Å². The average Bonchev–Trinajstić information content (AvgIpc) is 2.75. The van der Waals surface area contributed by atoms with Gasteiger partial charge in [-0.05, 0) is 42.8 Å². The Hall–Kier alpha value is -4.12. The first-order valence-electron chi connectivity index (χ1n) is 9.30. The molecule has 4 N–H and O–H groups in total. The molecule has 0 aliphatic rings. The maximum Gasteiger partial charge on any atom is 0.340 e. The number of amides is 2. The molecule has 0 heterocycles. The number of nitrogen functional groups attached to an aromatic ring is 1. The molecule has 0 aliphatic heterocycles. The fourth-order valence-corrected chi connectivity index (χ4v) is 2.35. The van der Waals surface area contributed by atoms with Crippen LogP contribution in [0.15, 0.2) is 60.3 Å². The van der Waals surface area contributed by atoms with Gasteiger partial charge >= 0.3 is 5.97 Å². The van der Waals surface area contributed by atoms with E-state index in [1.54, 1.807) is 30.3 Å². The van der Waals surface area contributed by atoms with E-state index in [0.29, 0.717) is 11.3 Å². The third-order valence-corrected chi connectivity index (χ3v) is 4.01. The quantitative estimate of drug-likeness (QED) is 0.203. The number of esters is 1. The van der Waals surface area contributed by atoms with Gasteiger partial charge in [-0.1, -0.05) is 25.5 Å². The second kappa shape index (κ2) is 11.0. The first kappa shape index (κ1) is 22.2. The molecule has 0 aliphatic carbocycles. The second-order valence-electron chi connectivity index (χ2n) is 6.25. The number of benzene rings is 2. The van der Waals surface area contributed by atoms with Crippen molar-refractivity contribution in [3.8, 4) is 6.07 Å². The first-order valence-corrected chi connectivity index (χ1v) is 9.30. The highest BCUT2D eigenvalue weighted by molar-refractivity contribution is 6.10. The molecule has 0 bridgehead atoms. The van der Waals surface area contributed by atoms with Crippen molar-refractivity contribution in [2.75, 3.05) is 17.7 Å². The number of nitrogens with one attached hydrogen (secondary N) is 2. The van der Waals surface area contributed by atoms with E-state index < -0.39 is 17.8 Å². The maximum atomic E-state index is 12.5. The Morgan fingerprint density at radius 1 is 1.13 bits per heavy atom. The van der Waals surface area contributed by atoms with Gasteiger partial charge in [-0.3, -0.25) is 9.59 Å². The molecule has 0 fully saturated rings. The molecule has 0 saturated carbocycles. The molecule has 154 valence electrons. The Morgan fingerprint density at radius 2 is 1.83 bits per heavy atom. The van der Waals surface area contributed by atoms with Gasteiger partial charge in [0.05, 0.1) is 17.9 Å². The lowest BCUT2D eigenvalue weighted by atomic mass is 10.1. The fourth-order valence-electron chi connectivity index (χ4n) is 2.35. The molecule has 0 spiro atoms. The van der Waals surface area contributed by atoms with E-state index in [4.69, 9.17) is 10.5 Å². The zero-order chi connectivity index (χ0) is 21.9. The number of ether oxygens (including phenoxy) is 1. The number of unbranched alkanes of at least 4 members (excludes halogenated alkanes) is 1. The monoisotopic (exact) mass is 406 g/mol. The van der Waals surface area contributed by atoms with Gasteiger partial charge in [0.15, 0.2) is 0 Å². The molecular weight excluding hydrogens is 384 g/mol. The lowest BCUT2D eigenvalue weighted by Crippen LogP contribution is -2.22. The van der Waals surface area contributed by atoms with Crippen molar-refractivity contribution in [3.05, 3.63) is 71.4 Å². The Kier molecular flexibility index (Phi) is 8.15. The van der Waals surface area contributed by atoms with Crippen LogP contribution in [0.25, 0.3) is 0 Å². The largest absolute Gasteiger partial charge is 0.462 e. The second-order valence-corrected chi connectivity index (χ2v) is 6.25. The summed E-state index contributed by atoms with van der Waals surface area (Å²) in [5.74, 6) is -1.85. The third kappa shape index (κ3) is 6.21. The number of carbonyl (C=O) groups excluding carboxylic acids is 3. The predicted octanol–water partition coefficient (Wildman–Crippen LogP) is 3.00. The Labute approximate surface area is 174 Å². The van der Waals surface area contributed by atoms with Gasteiger partial charge in [0, 0.05) is 17.5 Å². The van der Waals surface area contributed by atoms with Gasteiger partial charge in [-0.2, -0.15) is 5.26 Å². The number of nitrogens with zero attached hydrogens (tertiary/aromatic N) is 1. The highest BCUT2D eigenvalue weighted by atomic mass is 16.5. The number of nitriles is 1. The summed E-state index contributed by atoms with van der Waals surface area (Å²) < 4.78 is 5.18. The number of hydrogen-bond donors (Lipinski definition) is 3. The first-order chi connectivity index (χ1) is 14.5. The Morgan fingerprint density at radius 3 is 2.50 bits per heavy atom. The molecule has 2 amide bonds. The summed E-state index contributed by atoms with van der Waals surface area (Å²) in [5, 5.41) is 14.2. The number of anilines is 2. The van der Waals surface area contributed by atoms with Crippen LogP contribution in [0.5, 0.6) is 0 Å². The van der Waals surface area contributed by atoms with Crippen LogP contribution in [0.4, 0.5) is 11.4 Å². The molecule has 8 heteroatoms. The topological polar surface area (TPSA) is 134 Å². The van der Waals surface area contributed by atoms with Gasteiger partial charge in [-0.25, -0.2) is 4.79 Å². The van der Waals surface area contributed by atoms with Crippen LogP contribution in [-0.2, 0) is 9.53 Å². The lowest BCUT2D eigenvalue weighted by molar-refractivity contribution is -0.112. The van der Waals surface area contributed by atoms with Crippen molar-refractivity contribution in [2.24, 2.45) is 0 Å². The van der Waals surface area contributed by atoms with Gasteiger partial charge in [0.1, 0.15) is 11.6 Å². The summed E-state index contributed by atoms with van der Waals surface area (Å²) >= 11 is 0. The standard InChI is InChI=1S/C22H22N4O4/c1-2-3-12-30-22(29)18-6-4-5-7-19(18)26-21(28)16(13-23)14-25-20(27)15-8-10-17(24)11-9-15/h4-11,14H,2-3,12,24H2,1H3,(H,25,27)(H,26,28)/b16-14-. The van der Waals surface area contributed by atoms with Crippen LogP contribution in [0.3, 0.4) is 0 Å². The number of hydrogen-bond acceptors (Lipinski definition) is 6. The molecule has 0 radical (unpaired) electrons. The van der Waals surface area contributed by atoms with Crippen LogP contribution in [-0.4, -0.2) is 24.4 Å². The summed E-state index contributed by atoms with van der Waals surface area (Å²) in [6, 6.07) is 14.2. The minimum atomic E-state index is -0.774. The van der Waals surface area contributed by atoms with E-state index >= 15 is 0 Å². The van der Waals surface area contributed by atoms with Crippen molar-refractivity contribution in [3.63, 3.8) is 0 Å². The summed E-state index contributed by atoms with van der Waals surface area (Å²) in [6.07, 6.45) is 2.62. The highest BCUT2D eigenvalue weighted by Gasteiger charge is 2.17. The van der Waals surface area contributed by atoms with Gasteiger partial charge in [-0.15, -0.1) is 0 Å². The Bertz CT molecular complexity index is 991. The van der Waals surface area contributed by atoms with E-state index in [1.807, 2.05) is 6.92 Å². The minimum absolute atomic E-state index is 0.171. The molecule has 0 unspecified atom stereocenters. The van der Waals surface area contributed by atoms with Crippen molar-refractivity contribution in [2.45, 2.75) is 19.8 Å². The van der Waals surface area contributed by atoms with Crippen LogP contribution < -0.4 is 16.4 Å². The zero-order valence-electron chi connectivity index (χ0n) is 16.5. The zero-order valence-corrected chi connectivity index (χ0v) is 16.5. The van der Waals surface area contributed by atoms with Crippen molar-refractivity contribution in [1.82, 2.24) is 5.32 Å². The number of rotatable bonds is 8. The predicted molar refractivity (Wildman–Crippen MR) is 112 cm³/mol. The van der Waals surface area contributed by atoms with Gasteiger partial charge < -0.3 is 21.1 Å².